The van der Waals surface area contributed by atoms with Crippen molar-refractivity contribution >= 4 is 0 Å². The Hall–Kier alpha value is -1.90. The summed E-state index contributed by atoms with van der Waals surface area (Å²) in [5, 5.41) is 0. The lowest BCUT2D eigenvalue weighted by molar-refractivity contribution is -0.914. The lowest BCUT2D eigenvalue weighted by Crippen LogP contribution is -2.48. The van der Waals surface area contributed by atoms with Crippen LogP contribution in [0.15, 0.2) is 6.07 Å². The smallest absolute Gasteiger partial charge is 0.231 e. The van der Waals surface area contributed by atoms with Crippen molar-refractivity contribution in [3.05, 3.63) is 17.2 Å². The van der Waals surface area contributed by atoms with Crippen LogP contribution in [-0.2, 0) is 11.2 Å². The molecule has 0 spiro atoms. The Bertz CT molecular complexity index is 848. The summed E-state index contributed by atoms with van der Waals surface area (Å²) < 4.78 is 24.3. The van der Waals surface area contributed by atoms with Crippen molar-refractivity contribution in [1.29, 1.82) is 0 Å². The van der Waals surface area contributed by atoms with Crippen LogP contribution in [0.5, 0.6) is 17.2 Å². The van der Waals surface area contributed by atoms with E-state index in [1.807, 2.05) is 0 Å². The predicted octanol–water partition coefficient (Wildman–Crippen LogP) is 3.84. The Morgan fingerprint density at radius 3 is 2.68 bits per heavy atom. The highest BCUT2D eigenvalue weighted by Gasteiger charge is 2.41. The number of hydrogen-bond donors (Lipinski definition) is 0. The van der Waals surface area contributed by atoms with Crippen LogP contribution in [-0.4, -0.2) is 50.2 Å². The molecule has 5 nitrogen and oxygen atoms in total. The first kappa shape index (κ1) is 19.4. The summed E-state index contributed by atoms with van der Waals surface area (Å²) in [5.74, 6) is 9.38. The van der Waals surface area contributed by atoms with E-state index in [1.165, 1.54) is 5.56 Å². The SMILES string of the molecule is COc1c2c(cc3c1[C@@H](C#C[C@@]1(C)CCCC(C)(C)O1)[N+](C)(C)CC3)OCO2. The predicted molar refractivity (Wildman–Crippen MR) is 108 cm³/mol. The fourth-order valence-corrected chi connectivity index (χ4v) is 4.79. The van der Waals surface area contributed by atoms with Gasteiger partial charge in [0.25, 0.3) is 0 Å². The number of ether oxygens (including phenoxy) is 4. The van der Waals surface area contributed by atoms with Gasteiger partial charge < -0.3 is 23.4 Å². The first-order valence-corrected chi connectivity index (χ1v) is 10.2. The number of rotatable bonds is 1. The van der Waals surface area contributed by atoms with E-state index in [0.717, 1.165) is 53.8 Å². The van der Waals surface area contributed by atoms with Gasteiger partial charge in [-0.05, 0) is 57.6 Å². The molecule has 1 fully saturated rings. The molecule has 3 heterocycles. The van der Waals surface area contributed by atoms with Gasteiger partial charge in [-0.3, -0.25) is 0 Å². The number of likely N-dealkylation sites (N-methyl/N-ethyl adjacent to an activating group) is 1. The third-order valence-corrected chi connectivity index (χ3v) is 6.29. The summed E-state index contributed by atoms with van der Waals surface area (Å²) in [4.78, 5) is 0. The van der Waals surface area contributed by atoms with Crippen molar-refractivity contribution in [2.75, 3.05) is 34.5 Å². The molecule has 0 amide bonds. The molecule has 0 aromatic heterocycles. The highest BCUT2D eigenvalue weighted by atomic mass is 16.7. The Kier molecular flexibility index (Phi) is 4.56. The molecular weight excluding hydrogens is 354 g/mol. The van der Waals surface area contributed by atoms with Gasteiger partial charge >= 0.3 is 0 Å². The molecule has 28 heavy (non-hydrogen) atoms. The van der Waals surface area contributed by atoms with E-state index in [4.69, 9.17) is 18.9 Å². The van der Waals surface area contributed by atoms with Crippen LogP contribution in [0.1, 0.15) is 57.2 Å². The first-order valence-electron chi connectivity index (χ1n) is 10.2. The average molecular weight is 387 g/mol. The van der Waals surface area contributed by atoms with Crippen molar-refractivity contribution in [3.63, 3.8) is 0 Å². The molecule has 152 valence electrons. The van der Waals surface area contributed by atoms with Gasteiger partial charge in [0.2, 0.25) is 12.5 Å². The van der Waals surface area contributed by atoms with Gasteiger partial charge in [0.05, 0.1) is 38.9 Å². The Balaban J connectivity index is 1.78. The van der Waals surface area contributed by atoms with Crippen LogP contribution in [0.4, 0.5) is 0 Å². The monoisotopic (exact) mass is 386 g/mol. The zero-order chi connectivity index (χ0) is 20.2. The number of methoxy groups -OCH3 is 1. The summed E-state index contributed by atoms with van der Waals surface area (Å²) in [5.41, 5.74) is 1.84. The molecule has 1 aromatic carbocycles. The molecule has 1 saturated heterocycles. The molecule has 1 aromatic rings. The first-order chi connectivity index (χ1) is 13.1. The van der Waals surface area contributed by atoms with Gasteiger partial charge in [0.15, 0.2) is 17.5 Å². The minimum atomic E-state index is -0.414. The van der Waals surface area contributed by atoms with Crippen molar-refractivity contribution in [1.82, 2.24) is 0 Å². The molecule has 0 unspecified atom stereocenters. The summed E-state index contributed by atoms with van der Waals surface area (Å²) in [6.45, 7) is 7.70. The van der Waals surface area contributed by atoms with Crippen molar-refractivity contribution in [3.8, 4) is 29.1 Å². The molecule has 4 rings (SSSR count). The second-order valence-corrected chi connectivity index (χ2v) is 9.59. The minimum Gasteiger partial charge on any atom is -0.492 e. The quantitative estimate of drug-likeness (QED) is 0.543. The summed E-state index contributed by atoms with van der Waals surface area (Å²) in [7, 11) is 6.17. The van der Waals surface area contributed by atoms with Gasteiger partial charge in [-0.1, -0.05) is 5.92 Å². The third-order valence-electron chi connectivity index (χ3n) is 6.29. The maximum atomic E-state index is 6.38. The highest BCUT2D eigenvalue weighted by molar-refractivity contribution is 5.62. The third kappa shape index (κ3) is 3.33. The number of quaternary nitrogens is 1. The van der Waals surface area contributed by atoms with E-state index >= 15 is 0 Å². The van der Waals surface area contributed by atoms with Crippen LogP contribution in [0.2, 0.25) is 0 Å². The van der Waals surface area contributed by atoms with Gasteiger partial charge in [-0.15, -0.1) is 0 Å². The van der Waals surface area contributed by atoms with Gasteiger partial charge in [0, 0.05) is 6.42 Å². The molecule has 5 heteroatoms. The van der Waals surface area contributed by atoms with Crippen molar-refractivity contribution in [2.24, 2.45) is 0 Å². The summed E-state index contributed by atoms with van der Waals surface area (Å²) >= 11 is 0. The maximum absolute atomic E-state index is 6.38. The Morgan fingerprint density at radius 2 is 1.96 bits per heavy atom. The Morgan fingerprint density at radius 1 is 1.18 bits per heavy atom. The lowest BCUT2D eigenvalue weighted by Gasteiger charge is -2.42. The van der Waals surface area contributed by atoms with E-state index in [2.05, 4.69) is 52.8 Å². The van der Waals surface area contributed by atoms with Gasteiger partial charge in [-0.2, -0.15) is 0 Å². The van der Waals surface area contributed by atoms with Crippen LogP contribution in [0.25, 0.3) is 0 Å². The van der Waals surface area contributed by atoms with Crippen molar-refractivity contribution in [2.45, 2.75) is 63.7 Å². The van der Waals surface area contributed by atoms with Crippen molar-refractivity contribution < 1.29 is 23.4 Å². The largest absolute Gasteiger partial charge is 0.492 e. The van der Waals surface area contributed by atoms with E-state index < -0.39 is 5.60 Å². The number of fused-ring (bicyclic) bond motifs is 2. The number of hydrogen-bond acceptors (Lipinski definition) is 4. The van der Waals surface area contributed by atoms with Gasteiger partial charge in [-0.25, -0.2) is 0 Å². The molecule has 0 N–H and O–H groups in total. The van der Waals surface area contributed by atoms with Crippen LogP contribution >= 0.6 is 0 Å². The fraction of sp³-hybridized carbons (Fsp3) is 0.652. The fourth-order valence-electron chi connectivity index (χ4n) is 4.79. The standard InChI is InChI=1S/C23H32NO4/c1-22(2)10-7-11-23(3,28-22)12-8-17-19-16(9-13-24(17,4)5)14-18-20(21(19)25-6)27-15-26-18/h14,17H,7,9-11,13,15H2,1-6H3/q+1/t17-,23-/m1/s1. The normalized spacial score (nSPS) is 29.4. The van der Waals surface area contributed by atoms with E-state index in [1.54, 1.807) is 7.11 Å². The molecular formula is C23H32NO4+. The number of benzene rings is 1. The topological polar surface area (TPSA) is 36.9 Å². The molecule has 0 saturated carbocycles. The van der Waals surface area contributed by atoms with E-state index in [0.29, 0.717) is 5.75 Å². The van der Waals surface area contributed by atoms with Crippen LogP contribution in [0.3, 0.4) is 0 Å². The molecule has 2 atom stereocenters. The second-order valence-electron chi connectivity index (χ2n) is 9.59. The Labute approximate surface area is 168 Å². The minimum absolute atomic E-state index is 0.00124. The number of nitrogens with zero attached hydrogens (tertiary/aromatic N) is 1. The zero-order valence-electron chi connectivity index (χ0n) is 18.0. The molecule has 0 radical (unpaired) electrons. The molecule has 3 aliphatic heterocycles. The lowest BCUT2D eigenvalue weighted by atomic mass is 9.86. The molecule has 3 aliphatic rings. The van der Waals surface area contributed by atoms with E-state index in [-0.39, 0.29) is 18.4 Å². The summed E-state index contributed by atoms with van der Waals surface area (Å²) in [6.07, 6.45) is 4.15. The molecule has 0 aliphatic carbocycles. The average Bonchev–Trinajstić information content (AvgIpc) is 3.05. The maximum Gasteiger partial charge on any atom is 0.231 e. The molecule has 0 bridgehead atoms. The van der Waals surface area contributed by atoms with E-state index in [9.17, 15) is 0 Å². The van der Waals surface area contributed by atoms with Crippen LogP contribution in [0, 0.1) is 11.8 Å². The summed E-state index contributed by atoms with van der Waals surface area (Å²) in [6, 6.07) is 2.11. The van der Waals surface area contributed by atoms with Gasteiger partial charge in [0.1, 0.15) is 5.60 Å². The van der Waals surface area contributed by atoms with Crippen LogP contribution < -0.4 is 14.2 Å². The second kappa shape index (κ2) is 6.57. The zero-order valence-corrected chi connectivity index (χ0v) is 18.0. The highest BCUT2D eigenvalue weighted by Crippen LogP contribution is 2.50.